The first kappa shape index (κ1) is 13.8. The van der Waals surface area contributed by atoms with E-state index in [1.54, 1.807) is 12.1 Å². The number of halogens is 3. The summed E-state index contributed by atoms with van der Waals surface area (Å²) in [5.74, 6) is 0.807. The van der Waals surface area contributed by atoms with Gasteiger partial charge in [0.15, 0.2) is 0 Å². The van der Waals surface area contributed by atoms with Gasteiger partial charge in [-0.2, -0.15) is 0 Å². The standard InChI is InChI=1S/C13H17Cl2F/c1-3-13(8-14,9-15)7-11-6-12(16)5-4-10(11)2/h4-6H,3,7-9H2,1-2H3. The first-order valence-corrected chi connectivity index (χ1v) is 6.51. The molecule has 0 aliphatic heterocycles. The summed E-state index contributed by atoms with van der Waals surface area (Å²) in [6.45, 7) is 4.05. The molecule has 0 radical (unpaired) electrons. The van der Waals surface area contributed by atoms with Crippen LogP contribution in [0.15, 0.2) is 18.2 Å². The highest BCUT2D eigenvalue weighted by atomic mass is 35.5. The average molecular weight is 263 g/mol. The van der Waals surface area contributed by atoms with Crippen molar-refractivity contribution in [2.45, 2.75) is 26.7 Å². The molecular weight excluding hydrogens is 246 g/mol. The molecule has 1 rings (SSSR count). The van der Waals surface area contributed by atoms with Gasteiger partial charge in [-0.15, -0.1) is 23.2 Å². The predicted molar refractivity (Wildman–Crippen MR) is 69.0 cm³/mol. The van der Waals surface area contributed by atoms with Gasteiger partial charge in [0.25, 0.3) is 0 Å². The van der Waals surface area contributed by atoms with Crippen molar-refractivity contribution in [2.75, 3.05) is 11.8 Å². The van der Waals surface area contributed by atoms with Crippen LogP contribution in [0.1, 0.15) is 24.5 Å². The van der Waals surface area contributed by atoms with E-state index < -0.39 is 0 Å². The molecule has 0 heterocycles. The summed E-state index contributed by atoms with van der Waals surface area (Å²) >= 11 is 12.0. The zero-order valence-electron chi connectivity index (χ0n) is 9.69. The summed E-state index contributed by atoms with van der Waals surface area (Å²) in [4.78, 5) is 0. The van der Waals surface area contributed by atoms with E-state index in [-0.39, 0.29) is 11.2 Å². The van der Waals surface area contributed by atoms with Crippen molar-refractivity contribution in [1.82, 2.24) is 0 Å². The van der Waals surface area contributed by atoms with Crippen LogP contribution >= 0.6 is 23.2 Å². The summed E-state index contributed by atoms with van der Waals surface area (Å²) < 4.78 is 13.2. The van der Waals surface area contributed by atoms with Crippen LogP contribution in [0.25, 0.3) is 0 Å². The van der Waals surface area contributed by atoms with Crippen molar-refractivity contribution < 1.29 is 4.39 Å². The Morgan fingerprint density at radius 1 is 1.25 bits per heavy atom. The van der Waals surface area contributed by atoms with Crippen molar-refractivity contribution in [1.29, 1.82) is 0 Å². The zero-order chi connectivity index (χ0) is 12.2. The molecule has 0 fully saturated rings. The van der Waals surface area contributed by atoms with Crippen molar-refractivity contribution >= 4 is 23.2 Å². The SMILES string of the molecule is CCC(CCl)(CCl)Cc1cc(F)ccc1C. The largest absolute Gasteiger partial charge is 0.207 e. The lowest BCUT2D eigenvalue weighted by atomic mass is 9.82. The van der Waals surface area contributed by atoms with Crippen molar-refractivity contribution in [3.05, 3.63) is 35.1 Å². The minimum absolute atomic E-state index is 0.123. The highest BCUT2D eigenvalue weighted by Gasteiger charge is 2.27. The lowest BCUT2D eigenvalue weighted by molar-refractivity contribution is 0.361. The quantitative estimate of drug-likeness (QED) is 0.683. The third-order valence-electron chi connectivity index (χ3n) is 3.19. The van der Waals surface area contributed by atoms with Crippen LogP contribution < -0.4 is 0 Å². The Bertz CT molecular complexity index is 338. The second-order valence-corrected chi connectivity index (χ2v) is 4.90. The summed E-state index contributed by atoms with van der Waals surface area (Å²) in [6.07, 6.45) is 1.63. The predicted octanol–water partition coefficient (Wildman–Crippen LogP) is 4.55. The fourth-order valence-electron chi connectivity index (χ4n) is 1.68. The van der Waals surface area contributed by atoms with E-state index in [1.165, 1.54) is 6.07 Å². The second-order valence-electron chi connectivity index (χ2n) is 4.37. The van der Waals surface area contributed by atoms with Gasteiger partial charge in [-0.25, -0.2) is 4.39 Å². The van der Waals surface area contributed by atoms with Crippen LogP contribution in [0, 0.1) is 18.2 Å². The first-order chi connectivity index (χ1) is 7.56. The van der Waals surface area contributed by atoms with Gasteiger partial charge in [-0.1, -0.05) is 13.0 Å². The number of hydrogen-bond acceptors (Lipinski definition) is 0. The minimum Gasteiger partial charge on any atom is -0.207 e. The van der Waals surface area contributed by atoms with Gasteiger partial charge in [0.2, 0.25) is 0 Å². The van der Waals surface area contributed by atoms with Crippen molar-refractivity contribution in [3.63, 3.8) is 0 Å². The molecule has 0 N–H and O–H groups in total. The summed E-state index contributed by atoms with van der Waals surface area (Å²) in [5.41, 5.74) is 1.97. The van der Waals surface area contributed by atoms with Gasteiger partial charge in [0.05, 0.1) is 0 Å². The Hall–Kier alpha value is -0.270. The first-order valence-electron chi connectivity index (χ1n) is 5.44. The van der Waals surface area contributed by atoms with Crippen molar-refractivity contribution in [2.24, 2.45) is 5.41 Å². The highest BCUT2D eigenvalue weighted by molar-refractivity contribution is 6.21. The molecule has 0 unspecified atom stereocenters. The van der Waals surface area contributed by atoms with Gasteiger partial charge in [0.1, 0.15) is 5.82 Å². The van der Waals surface area contributed by atoms with E-state index in [2.05, 4.69) is 6.92 Å². The smallest absolute Gasteiger partial charge is 0.123 e. The fraction of sp³-hybridized carbons (Fsp3) is 0.538. The third-order valence-corrected chi connectivity index (χ3v) is 4.33. The van der Waals surface area contributed by atoms with E-state index in [0.29, 0.717) is 11.8 Å². The van der Waals surface area contributed by atoms with Crippen LogP contribution in [-0.2, 0) is 6.42 Å². The maximum absolute atomic E-state index is 13.2. The maximum atomic E-state index is 13.2. The van der Waals surface area contributed by atoms with Crippen LogP contribution in [0.4, 0.5) is 4.39 Å². The molecule has 90 valence electrons. The minimum atomic E-state index is -0.199. The molecule has 0 aromatic heterocycles. The molecule has 0 spiro atoms. The topological polar surface area (TPSA) is 0 Å². The van der Waals surface area contributed by atoms with Gasteiger partial charge >= 0.3 is 0 Å². The third kappa shape index (κ3) is 3.11. The summed E-state index contributed by atoms with van der Waals surface area (Å²) in [6, 6.07) is 4.86. The Morgan fingerprint density at radius 2 is 1.88 bits per heavy atom. The number of rotatable bonds is 5. The van der Waals surface area contributed by atoms with E-state index >= 15 is 0 Å². The highest BCUT2D eigenvalue weighted by Crippen LogP contribution is 2.31. The molecule has 1 aromatic carbocycles. The molecule has 16 heavy (non-hydrogen) atoms. The molecular formula is C13H17Cl2F. The van der Waals surface area contributed by atoms with E-state index in [1.807, 2.05) is 6.92 Å². The Kier molecular flexibility index (Phi) is 5.07. The second kappa shape index (κ2) is 5.88. The Morgan fingerprint density at radius 3 is 2.38 bits per heavy atom. The molecule has 0 amide bonds. The Balaban J connectivity index is 2.97. The molecule has 0 nitrogen and oxygen atoms in total. The lowest BCUT2D eigenvalue weighted by Crippen LogP contribution is -2.27. The van der Waals surface area contributed by atoms with Gasteiger partial charge in [-0.3, -0.25) is 0 Å². The Labute approximate surface area is 107 Å². The number of hydrogen-bond donors (Lipinski definition) is 0. The van der Waals surface area contributed by atoms with Crippen LogP contribution in [0.3, 0.4) is 0 Å². The number of benzene rings is 1. The summed E-state index contributed by atoms with van der Waals surface area (Å²) in [5, 5.41) is 0. The van der Waals surface area contributed by atoms with E-state index in [0.717, 1.165) is 24.0 Å². The van der Waals surface area contributed by atoms with E-state index in [9.17, 15) is 4.39 Å². The molecule has 0 aliphatic carbocycles. The van der Waals surface area contributed by atoms with Crippen molar-refractivity contribution in [3.8, 4) is 0 Å². The van der Waals surface area contributed by atoms with Gasteiger partial charge < -0.3 is 0 Å². The molecule has 0 aliphatic rings. The van der Waals surface area contributed by atoms with E-state index in [4.69, 9.17) is 23.2 Å². The lowest BCUT2D eigenvalue weighted by Gasteiger charge is -2.28. The summed E-state index contributed by atoms with van der Waals surface area (Å²) in [7, 11) is 0. The molecule has 1 aromatic rings. The number of alkyl halides is 2. The molecule has 0 atom stereocenters. The van der Waals surface area contributed by atoms with Gasteiger partial charge in [0, 0.05) is 17.2 Å². The van der Waals surface area contributed by atoms with Crippen LogP contribution in [0.5, 0.6) is 0 Å². The van der Waals surface area contributed by atoms with Gasteiger partial charge in [-0.05, 0) is 43.0 Å². The van der Waals surface area contributed by atoms with Crippen LogP contribution in [0.2, 0.25) is 0 Å². The molecule has 0 bridgehead atoms. The van der Waals surface area contributed by atoms with Crippen LogP contribution in [-0.4, -0.2) is 11.8 Å². The molecule has 3 heteroatoms. The molecule has 0 saturated carbocycles. The number of aryl methyl sites for hydroxylation is 1. The molecule has 0 saturated heterocycles. The average Bonchev–Trinajstić information content (AvgIpc) is 2.31. The fourth-order valence-corrected chi connectivity index (χ4v) is 2.53. The monoisotopic (exact) mass is 262 g/mol. The maximum Gasteiger partial charge on any atom is 0.123 e. The normalized spacial score (nSPS) is 11.8. The zero-order valence-corrected chi connectivity index (χ0v) is 11.2.